The summed E-state index contributed by atoms with van der Waals surface area (Å²) < 4.78 is 13.5. The fourth-order valence-corrected chi connectivity index (χ4v) is 3.63. The maximum Gasteiger partial charge on any atom is 0.142 e. The first-order valence-corrected chi connectivity index (χ1v) is 7.47. The largest absolute Gasteiger partial charge is 0.389 e. The van der Waals surface area contributed by atoms with Crippen LogP contribution in [0.3, 0.4) is 0 Å². The highest BCUT2D eigenvalue weighted by Gasteiger charge is 2.40. The summed E-state index contributed by atoms with van der Waals surface area (Å²) in [6, 6.07) is 4.83. The molecule has 106 valence electrons. The predicted molar refractivity (Wildman–Crippen MR) is 76.9 cm³/mol. The van der Waals surface area contributed by atoms with Crippen LogP contribution in [0.25, 0.3) is 0 Å². The van der Waals surface area contributed by atoms with Crippen molar-refractivity contribution >= 4 is 11.6 Å². The van der Waals surface area contributed by atoms with Gasteiger partial charge in [-0.3, -0.25) is 0 Å². The molecule has 0 aliphatic heterocycles. The molecule has 1 nitrogen and oxygen atoms in total. The Labute approximate surface area is 119 Å². The molecule has 0 radical (unpaired) electrons. The van der Waals surface area contributed by atoms with Crippen molar-refractivity contribution in [2.75, 3.05) is 0 Å². The fourth-order valence-electron chi connectivity index (χ4n) is 3.44. The maximum atomic E-state index is 13.5. The van der Waals surface area contributed by atoms with E-state index >= 15 is 0 Å². The van der Waals surface area contributed by atoms with Crippen LogP contribution in [-0.2, 0) is 6.42 Å². The van der Waals surface area contributed by atoms with Gasteiger partial charge in [-0.1, -0.05) is 50.4 Å². The van der Waals surface area contributed by atoms with Crippen LogP contribution in [-0.4, -0.2) is 10.7 Å². The highest BCUT2D eigenvalue weighted by molar-refractivity contribution is 6.31. The topological polar surface area (TPSA) is 20.2 Å². The first-order chi connectivity index (χ1) is 8.94. The molecule has 3 heteroatoms. The van der Waals surface area contributed by atoms with Crippen molar-refractivity contribution in [1.29, 1.82) is 0 Å². The maximum absolute atomic E-state index is 13.5. The van der Waals surface area contributed by atoms with Crippen LogP contribution < -0.4 is 0 Å². The first-order valence-electron chi connectivity index (χ1n) is 7.09. The van der Waals surface area contributed by atoms with Crippen LogP contribution in [0.2, 0.25) is 5.02 Å². The third kappa shape index (κ3) is 3.11. The van der Waals surface area contributed by atoms with Gasteiger partial charge in [0.2, 0.25) is 0 Å². The molecule has 2 rings (SSSR count). The number of aliphatic hydroxyl groups is 1. The molecule has 1 aliphatic rings. The summed E-state index contributed by atoms with van der Waals surface area (Å²) in [7, 11) is 0. The van der Waals surface area contributed by atoms with E-state index in [1.54, 1.807) is 6.07 Å². The van der Waals surface area contributed by atoms with E-state index in [2.05, 4.69) is 13.8 Å². The van der Waals surface area contributed by atoms with Crippen LogP contribution >= 0.6 is 11.6 Å². The normalized spacial score (nSPS) is 27.8. The van der Waals surface area contributed by atoms with Crippen molar-refractivity contribution in [3.63, 3.8) is 0 Å². The molecule has 0 saturated heterocycles. The molecule has 0 bridgehead atoms. The Kier molecular flexibility index (Phi) is 4.52. The Morgan fingerprint density at radius 1 is 1.42 bits per heavy atom. The highest BCUT2D eigenvalue weighted by Crippen LogP contribution is 2.41. The monoisotopic (exact) mass is 284 g/mol. The minimum atomic E-state index is -0.746. The zero-order chi connectivity index (χ0) is 14.0. The number of rotatable bonds is 3. The number of hydrogen-bond donors (Lipinski definition) is 1. The molecular formula is C16H22ClFO. The van der Waals surface area contributed by atoms with Gasteiger partial charge in [-0.15, -0.1) is 0 Å². The van der Waals surface area contributed by atoms with Gasteiger partial charge in [0, 0.05) is 6.42 Å². The molecule has 19 heavy (non-hydrogen) atoms. The van der Waals surface area contributed by atoms with E-state index in [1.807, 2.05) is 6.07 Å². The first kappa shape index (κ1) is 14.8. The van der Waals surface area contributed by atoms with Gasteiger partial charge in [-0.2, -0.15) is 0 Å². The second kappa shape index (κ2) is 5.80. The van der Waals surface area contributed by atoms with Crippen LogP contribution in [0.4, 0.5) is 4.39 Å². The zero-order valence-electron chi connectivity index (χ0n) is 11.6. The smallest absolute Gasteiger partial charge is 0.142 e. The third-order valence-electron chi connectivity index (χ3n) is 4.40. The molecule has 1 aromatic rings. The molecule has 0 spiro atoms. The Balaban J connectivity index is 2.26. The van der Waals surface area contributed by atoms with Gasteiger partial charge in [-0.25, -0.2) is 4.39 Å². The summed E-state index contributed by atoms with van der Waals surface area (Å²) in [6.07, 6.45) is 4.48. The Morgan fingerprint density at radius 2 is 2.16 bits per heavy atom. The Hall–Kier alpha value is -0.600. The molecule has 1 aromatic carbocycles. The standard InChI is InChI=1S/C16H22ClFO/c1-11(2)13-7-3-4-9-16(13,19)10-12-6-5-8-14(18)15(12)17/h5-6,8,11,13,19H,3-4,7,9-10H2,1-2H3. The summed E-state index contributed by atoms with van der Waals surface area (Å²) in [4.78, 5) is 0. The molecule has 1 fully saturated rings. The van der Waals surface area contributed by atoms with Crippen LogP contribution in [0.15, 0.2) is 18.2 Å². The molecule has 1 N–H and O–H groups in total. The van der Waals surface area contributed by atoms with Crippen molar-refractivity contribution in [2.24, 2.45) is 11.8 Å². The molecule has 1 saturated carbocycles. The summed E-state index contributed by atoms with van der Waals surface area (Å²) in [5.41, 5.74) is -0.0270. The van der Waals surface area contributed by atoms with Crippen molar-refractivity contribution in [2.45, 2.75) is 51.6 Å². The van der Waals surface area contributed by atoms with Gasteiger partial charge in [0.05, 0.1) is 10.6 Å². The average Bonchev–Trinajstić information content (AvgIpc) is 2.35. The zero-order valence-corrected chi connectivity index (χ0v) is 12.4. The van der Waals surface area contributed by atoms with Crippen LogP contribution in [0.1, 0.15) is 45.1 Å². The number of benzene rings is 1. The summed E-state index contributed by atoms with van der Waals surface area (Å²) >= 11 is 6.02. The van der Waals surface area contributed by atoms with Crippen LogP contribution in [0, 0.1) is 17.7 Å². The van der Waals surface area contributed by atoms with Gasteiger partial charge >= 0.3 is 0 Å². The number of halogens is 2. The van der Waals surface area contributed by atoms with E-state index in [4.69, 9.17) is 11.6 Å². The summed E-state index contributed by atoms with van der Waals surface area (Å²) in [5.74, 6) is 0.290. The highest BCUT2D eigenvalue weighted by atomic mass is 35.5. The lowest BCUT2D eigenvalue weighted by atomic mass is 9.68. The molecule has 0 amide bonds. The van der Waals surface area contributed by atoms with E-state index < -0.39 is 11.4 Å². The second-order valence-electron chi connectivity index (χ2n) is 6.09. The van der Waals surface area contributed by atoms with E-state index in [1.165, 1.54) is 12.5 Å². The molecule has 1 aliphatic carbocycles. The van der Waals surface area contributed by atoms with E-state index in [9.17, 15) is 9.50 Å². The number of hydrogen-bond acceptors (Lipinski definition) is 1. The van der Waals surface area contributed by atoms with Gasteiger partial charge in [0.25, 0.3) is 0 Å². The molecular weight excluding hydrogens is 263 g/mol. The van der Waals surface area contributed by atoms with Crippen molar-refractivity contribution in [3.05, 3.63) is 34.6 Å². The lowest BCUT2D eigenvalue weighted by Crippen LogP contribution is -2.45. The van der Waals surface area contributed by atoms with Gasteiger partial charge < -0.3 is 5.11 Å². The predicted octanol–water partition coefficient (Wildman–Crippen LogP) is 4.60. The van der Waals surface area contributed by atoms with Crippen molar-refractivity contribution in [1.82, 2.24) is 0 Å². The van der Waals surface area contributed by atoms with E-state index in [0.717, 1.165) is 24.8 Å². The SMILES string of the molecule is CC(C)C1CCCCC1(O)Cc1cccc(F)c1Cl. The molecule has 0 aromatic heterocycles. The minimum Gasteiger partial charge on any atom is -0.389 e. The average molecular weight is 285 g/mol. The van der Waals surface area contributed by atoms with E-state index in [0.29, 0.717) is 12.3 Å². The lowest BCUT2D eigenvalue weighted by Gasteiger charge is -2.42. The Bertz CT molecular complexity index is 446. The quantitative estimate of drug-likeness (QED) is 0.860. The van der Waals surface area contributed by atoms with Crippen molar-refractivity contribution in [3.8, 4) is 0 Å². The van der Waals surface area contributed by atoms with Gasteiger partial charge in [-0.05, 0) is 36.3 Å². The van der Waals surface area contributed by atoms with Gasteiger partial charge in [0.1, 0.15) is 5.82 Å². The Morgan fingerprint density at radius 3 is 2.84 bits per heavy atom. The second-order valence-corrected chi connectivity index (χ2v) is 6.47. The minimum absolute atomic E-state index is 0.156. The van der Waals surface area contributed by atoms with Crippen molar-refractivity contribution < 1.29 is 9.50 Å². The van der Waals surface area contributed by atoms with Crippen LogP contribution in [0.5, 0.6) is 0 Å². The molecule has 2 atom stereocenters. The fraction of sp³-hybridized carbons (Fsp3) is 0.625. The lowest BCUT2D eigenvalue weighted by molar-refractivity contribution is -0.0652. The third-order valence-corrected chi connectivity index (χ3v) is 4.82. The van der Waals surface area contributed by atoms with E-state index in [-0.39, 0.29) is 10.9 Å². The molecule has 0 heterocycles. The summed E-state index contributed by atoms with van der Waals surface area (Å²) in [6.45, 7) is 4.29. The summed E-state index contributed by atoms with van der Waals surface area (Å²) in [5, 5.41) is 11.1. The van der Waals surface area contributed by atoms with Gasteiger partial charge in [0.15, 0.2) is 0 Å². The molecule has 2 unspecified atom stereocenters.